The van der Waals surface area contributed by atoms with Crippen molar-refractivity contribution in [3.63, 3.8) is 0 Å². The number of nitrogens with one attached hydrogen (secondary N) is 1. The highest BCUT2D eigenvalue weighted by molar-refractivity contribution is 7.16. The van der Waals surface area contributed by atoms with Crippen molar-refractivity contribution in [2.75, 3.05) is 11.4 Å². The minimum absolute atomic E-state index is 0.0206. The Morgan fingerprint density at radius 1 is 1.46 bits per heavy atom. The highest BCUT2D eigenvalue weighted by Gasteiger charge is 2.26. The van der Waals surface area contributed by atoms with Crippen LogP contribution in [0.2, 0.25) is 5.15 Å². The van der Waals surface area contributed by atoms with Crippen LogP contribution in [0.25, 0.3) is 0 Å². The molecular formula is C17H25ClN4OS. The van der Waals surface area contributed by atoms with E-state index in [0.29, 0.717) is 22.7 Å². The van der Waals surface area contributed by atoms with Crippen LogP contribution in [0.4, 0.5) is 5.13 Å². The Morgan fingerprint density at radius 2 is 2.17 bits per heavy atom. The van der Waals surface area contributed by atoms with Crippen molar-refractivity contribution in [3.8, 4) is 6.19 Å². The maximum atomic E-state index is 12.6. The first-order chi connectivity index (χ1) is 11.6. The molecule has 1 saturated carbocycles. The number of anilines is 1. The molecular weight excluding hydrogens is 344 g/mol. The van der Waals surface area contributed by atoms with Crippen molar-refractivity contribution >= 4 is 34.0 Å². The van der Waals surface area contributed by atoms with E-state index in [2.05, 4.69) is 10.3 Å². The Labute approximate surface area is 153 Å². The molecule has 0 aliphatic heterocycles. The van der Waals surface area contributed by atoms with Gasteiger partial charge in [0.2, 0.25) is 5.91 Å². The second kappa shape index (κ2) is 9.24. The standard InChI is InChI=1S/C17H25ClN4OS/c1-3-13(20-11-19)10-14(23)22(4-2)17-21-16(18)15(24-17)12-8-6-5-7-9-12/h12-13,20H,3-10H2,1-2H3/t13-/m0/s1. The number of hydrogen-bond acceptors (Lipinski definition) is 5. The zero-order chi connectivity index (χ0) is 17.5. The first-order valence-corrected chi connectivity index (χ1v) is 9.91. The van der Waals surface area contributed by atoms with E-state index in [4.69, 9.17) is 16.9 Å². The molecule has 1 N–H and O–H groups in total. The first kappa shape index (κ1) is 19.0. The Morgan fingerprint density at radius 3 is 2.75 bits per heavy atom. The molecule has 1 aliphatic carbocycles. The van der Waals surface area contributed by atoms with Gasteiger partial charge in [-0.2, -0.15) is 5.26 Å². The molecule has 1 fully saturated rings. The average Bonchev–Trinajstić information content (AvgIpc) is 2.97. The fourth-order valence-electron chi connectivity index (χ4n) is 3.16. The van der Waals surface area contributed by atoms with Gasteiger partial charge in [-0.1, -0.05) is 49.1 Å². The van der Waals surface area contributed by atoms with Crippen LogP contribution in [0.1, 0.15) is 69.6 Å². The molecule has 0 saturated heterocycles. The minimum Gasteiger partial charge on any atom is -0.320 e. The molecule has 0 spiro atoms. The van der Waals surface area contributed by atoms with E-state index in [1.54, 1.807) is 16.2 Å². The third-order valence-electron chi connectivity index (χ3n) is 4.61. The molecule has 1 aromatic rings. The number of nitrogens with zero attached hydrogens (tertiary/aromatic N) is 3. The minimum atomic E-state index is -0.134. The Bertz CT molecular complexity index is 592. The van der Waals surface area contributed by atoms with Crippen LogP contribution in [-0.4, -0.2) is 23.5 Å². The lowest BCUT2D eigenvalue weighted by Gasteiger charge is -2.21. The summed E-state index contributed by atoms with van der Waals surface area (Å²) in [5.41, 5.74) is 0. The molecule has 0 aromatic carbocycles. The number of carbonyl (C=O) groups is 1. The van der Waals surface area contributed by atoms with Gasteiger partial charge in [0.25, 0.3) is 0 Å². The van der Waals surface area contributed by atoms with Crippen molar-refractivity contribution in [2.24, 2.45) is 0 Å². The summed E-state index contributed by atoms with van der Waals surface area (Å²) < 4.78 is 0. The van der Waals surface area contributed by atoms with Crippen LogP contribution in [0.3, 0.4) is 0 Å². The molecule has 1 aliphatic rings. The summed E-state index contributed by atoms with van der Waals surface area (Å²) in [4.78, 5) is 19.9. The quantitative estimate of drug-likeness (QED) is 0.570. The lowest BCUT2D eigenvalue weighted by molar-refractivity contribution is -0.119. The number of amides is 1. The van der Waals surface area contributed by atoms with Gasteiger partial charge in [-0.25, -0.2) is 4.98 Å². The van der Waals surface area contributed by atoms with Crippen LogP contribution in [-0.2, 0) is 4.79 Å². The number of hydrogen-bond donors (Lipinski definition) is 1. The predicted octanol–water partition coefficient (Wildman–Crippen LogP) is 4.44. The lowest BCUT2D eigenvalue weighted by Crippen LogP contribution is -2.36. The van der Waals surface area contributed by atoms with E-state index in [0.717, 1.165) is 24.1 Å². The van der Waals surface area contributed by atoms with E-state index in [1.807, 2.05) is 20.0 Å². The molecule has 1 atom stereocenters. The van der Waals surface area contributed by atoms with Gasteiger partial charge in [0.15, 0.2) is 11.3 Å². The highest BCUT2D eigenvalue weighted by atomic mass is 35.5. The third-order valence-corrected chi connectivity index (χ3v) is 6.25. The highest BCUT2D eigenvalue weighted by Crippen LogP contribution is 2.41. The van der Waals surface area contributed by atoms with E-state index in [1.165, 1.54) is 19.3 Å². The Hall–Kier alpha value is -1.32. The Kier molecular flexibility index (Phi) is 7.32. The molecule has 5 nitrogen and oxygen atoms in total. The summed E-state index contributed by atoms with van der Waals surface area (Å²) >= 11 is 7.92. The number of thiazole rings is 1. The van der Waals surface area contributed by atoms with Gasteiger partial charge in [0.05, 0.1) is 0 Å². The van der Waals surface area contributed by atoms with Crippen molar-refractivity contribution in [1.82, 2.24) is 10.3 Å². The second-order valence-electron chi connectivity index (χ2n) is 6.19. The molecule has 132 valence electrons. The molecule has 0 radical (unpaired) electrons. The molecule has 7 heteroatoms. The zero-order valence-corrected chi connectivity index (χ0v) is 15.9. The lowest BCUT2D eigenvalue weighted by atomic mass is 9.88. The van der Waals surface area contributed by atoms with E-state index >= 15 is 0 Å². The second-order valence-corrected chi connectivity index (χ2v) is 7.56. The van der Waals surface area contributed by atoms with Crippen molar-refractivity contribution in [1.29, 1.82) is 5.26 Å². The fraction of sp³-hybridized carbons (Fsp3) is 0.706. The van der Waals surface area contributed by atoms with Gasteiger partial charge in [0, 0.05) is 23.9 Å². The number of aromatic nitrogens is 1. The van der Waals surface area contributed by atoms with Crippen LogP contribution in [0, 0.1) is 11.5 Å². The largest absolute Gasteiger partial charge is 0.320 e. The zero-order valence-electron chi connectivity index (χ0n) is 14.3. The first-order valence-electron chi connectivity index (χ1n) is 8.71. The van der Waals surface area contributed by atoms with Crippen molar-refractivity contribution < 1.29 is 4.79 Å². The number of nitriles is 1. The summed E-state index contributed by atoms with van der Waals surface area (Å²) in [5.74, 6) is 0.461. The molecule has 2 rings (SSSR count). The third kappa shape index (κ3) is 4.61. The Balaban J connectivity index is 2.12. The molecule has 1 heterocycles. The normalized spacial score (nSPS) is 16.4. The number of halogens is 1. The summed E-state index contributed by atoms with van der Waals surface area (Å²) in [6.45, 7) is 4.45. The summed E-state index contributed by atoms with van der Waals surface area (Å²) in [7, 11) is 0. The predicted molar refractivity (Wildman–Crippen MR) is 98.4 cm³/mol. The van der Waals surface area contributed by atoms with Crippen LogP contribution >= 0.6 is 22.9 Å². The topological polar surface area (TPSA) is 69.0 Å². The summed E-state index contributed by atoms with van der Waals surface area (Å²) in [6.07, 6.45) is 9.02. The van der Waals surface area contributed by atoms with Gasteiger partial charge >= 0.3 is 0 Å². The molecule has 1 amide bonds. The van der Waals surface area contributed by atoms with E-state index in [9.17, 15) is 4.79 Å². The van der Waals surface area contributed by atoms with Crippen molar-refractivity contribution in [2.45, 2.75) is 70.8 Å². The molecule has 24 heavy (non-hydrogen) atoms. The van der Waals surface area contributed by atoms with E-state index in [-0.39, 0.29) is 18.4 Å². The SMILES string of the molecule is CC[C@@H](CC(=O)N(CC)c1nc(Cl)c(C2CCCCC2)s1)NC#N. The monoisotopic (exact) mass is 368 g/mol. The van der Waals surface area contributed by atoms with Gasteiger partial charge in [-0.05, 0) is 32.1 Å². The van der Waals surface area contributed by atoms with E-state index < -0.39 is 0 Å². The van der Waals surface area contributed by atoms with Gasteiger partial charge < -0.3 is 5.32 Å². The molecule has 0 unspecified atom stereocenters. The van der Waals surface area contributed by atoms with Crippen molar-refractivity contribution in [3.05, 3.63) is 10.0 Å². The van der Waals surface area contributed by atoms with Gasteiger partial charge in [0.1, 0.15) is 5.15 Å². The molecule has 1 aromatic heterocycles. The summed E-state index contributed by atoms with van der Waals surface area (Å²) in [5, 5.41) is 12.7. The maximum Gasteiger partial charge on any atom is 0.230 e. The van der Waals surface area contributed by atoms with Crippen LogP contribution in [0.5, 0.6) is 0 Å². The van der Waals surface area contributed by atoms with Gasteiger partial charge in [-0.15, -0.1) is 0 Å². The van der Waals surface area contributed by atoms with Crippen LogP contribution in [0.15, 0.2) is 0 Å². The van der Waals surface area contributed by atoms with Gasteiger partial charge in [-0.3, -0.25) is 9.69 Å². The fourth-order valence-corrected chi connectivity index (χ4v) is 4.77. The molecule has 0 bridgehead atoms. The number of carbonyl (C=O) groups excluding carboxylic acids is 1. The maximum absolute atomic E-state index is 12.6. The average molecular weight is 369 g/mol. The van der Waals surface area contributed by atoms with Crippen LogP contribution < -0.4 is 10.2 Å². The number of rotatable bonds is 7. The summed E-state index contributed by atoms with van der Waals surface area (Å²) in [6, 6.07) is -0.134. The smallest absolute Gasteiger partial charge is 0.230 e.